The molecule has 0 spiro atoms. The molecule has 6 heteroatoms. The van der Waals surface area contributed by atoms with Crippen LogP contribution in [-0.2, 0) is 0 Å². The number of carbonyl (C=O) groups is 1. The predicted octanol–water partition coefficient (Wildman–Crippen LogP) is 4.05. The maximum Gasteiger partial charge on any atom is 0.264 e. The van der Waals surface area contributed by atoms with Crippen LogP contribution in [0, 0.1) is 0 Å². The topological polar surface area (TPSA) is 46.3 Å². The molecule has 2 N–H and O–H groups in total. The number of carbonyl (C=O) groups excluding carboxylic acids is 1. The molecule has 22 heavy (non-hydrogen) atoms. The van der Waals surface area contributed by atoms with Crippen molar-refractivity contribution in [1.29, 1.82) is 0 Å². The first-order chi connectivity index (χ1) is 10.2. The summed E-state index contributed by atoms with van der Waals surface area (Å²) < 4.78 is 0. The third-order valence-electron chi connectivity index (χ3n) is 3.86. The van der Waals surface area contributed by atoms with Crippen LogP contribution in [0.3, 0.4) is 0 Å². The van der Waals surface area contributed by atoms with E-state index in [1.54, 1.807) is 0 Å². The van der Waals surface area contributed by atoms with Crippen LogP contribution in [-0.4, -0.2) is 29.9 Å². The number of halogens is 2. The van der Waals surface area contributed by atoms with E-state index in [-0.39, 0.29) is 24.4 Å². The van der Waals surface area contributed by atoms with Crippen LogP contribution >= 0.6 is 35.3 Å². The molecule has 3 nitrogen and oxygen atoms in total. The first-order valence-electron chi connectivity index (χ1n) is 7.06. The maximum atomic E-state index is 12.6. The third kappa shape index (κ3) is 3.46. The van der Waals surface area contributed by atoms with Gasteiger partial charge >= 0.3 is 0 Å². The lowest BCUT2D eigenvalue weighted by Gasteiger charge is -2.22. The maximum absolute atomic E-state index is 12.6. The van der Waals surface area contributed by atoms with E-state index in [9.17, 15) is 4.79 Å². The van der Waals surface area contributed by atoms with Crippen molar-refractivity contribution in [3.05, 3.63) is 46.3 Å². The number of nitrogens with zero attached hydrogens (tertiary/aromatic N) is 1. The van der Waals surface area contributed by atoms with Gasteiger partial charge in [0.05, 0.1) is 4.88 Å². The second-order valence-electron chi connectivity index (χ2n) is 5.20. The molecular formula is C16H18Cl2N2OS. The molecule has 1 atom stereocenters. The molecule has 0 aliphatic carbocycles. The van der Waals surface area contributed by atoms with Crippen LogP contribution in [0.25, 0.3) is 10.4 Å². The fourth-order valence-electron chi connectivity index (χ4n) is 2.71. The van der Waals surface area contributed by atoms with Crippen molar-refractivity contribution in [2.45, 2.75) is 18.9 Å². The first kappa shape index (κ1) is 17.3. The molecule has 2 heterocycles. The number of likely N-dealkylation sites (tertiary alicyclic amines) is 1. The van der Waals surface area contributed by atoms with E-state index < -0.39 is 0 Å². The normalized spacial score (nSPS) is 17.4. The Kier molecular flexibility index (Phi) is 5.87. The molecule has 3 rings (SSSR count). The van der Waals surface area contributed by atoms with Crippen molar-refractivity contribution in [3.63, 3.8) is 0 Å². The monoisotopic (exact) mass is 356 g/mol. The number of hydrogen-bond acceptors (Lipinski definition) is 3. The van der Waals surface area contributed by atoms with Gasteiger partial charge in [-0.2, -0.15) is 0 Å². The lowest BCUT2D eigenvalue weighted by Crippen LogP contribution is -2.39. The largest absolute Gasteiger partial charge is 0.334 e. The molecule has 1 fully saturated rings. The van der Waals surface area contributed by atoms with Crippen molar-refractivity contribution in [2.24, 2.45) is 5.73 Å². The van der Waals surface area contributed by atoms with Gasteiger partial charge in [-0.05, 0) is 42.7 Å². The van der Waals surface area contributed by atoms with E-state index in [1.165, 1.54) is 11.3 Å². The number of nitrogens with two attached hydrogens (primary N) is 1. The Labute approximate surface area is 145 Å². The average molecular weight is 357 g/mol. The number of amides is 1. The quantitative estimate of drug-likeness (QED) is 0.901. The molecule has 1 unspecified atom stereocenters. The van der Waals surface area contributed by atoms with Gasteiger partial charge in [0.15, 0.2) is 0 Å². The summed E-state index contributed by atoms with van der Waals surface area (Å²) >= 11 is 7.43. The molecule has 1 saturated heterocycles. The van der Waals surface area contributed by atoms with Gasteiger partial charge in [-0.1, -0.05) is 23.7 Å². The van der Waals surface area contributed by atoms with Gasteiger partial charge in [0.25, 0.3) is 5.91 Å². The smallest absolute Gasteiger partial charge is 0.264 e. The molecule has 2 aromatic rings. The molecule has 1 aromatic heterocycles. The van der Waals surface area contributed by atoms with E-state index in [2.05, 4.69) is 0 Å². The molecule has 0 saturated carbocycles. The van der Waals surface area contributed by atoms with Gasteiger partial charge in [-0.15, -0.1) is 23.7 Å². The number of benzene rings is 1. The van der Waals surface area contributed by atoms with Gasteiger partial charge in [0.2, 0.25) is 0 Å². The number of hydrogen-bond donors (Lipinski definition) is 1. The zero-order chi connectivity index (χ0) is 14.8. The Morgan fingerprint density at radius 3 is 2.68 bits per heavy atom. The molecule has 0 radical (unpaired) electrons. The summed E-state index contributed by atoms with van der Waals surface area (Å²) in [7, 11) is 0. The van der Waals surface area contributed by atoms with E-state index >= 15 is 0 Å². The summed E-state index contributed by atoms with van der Waals surface area (Å²) in [6.45, 7) is 1.36. The Morgan fingerprint density at radius 1 is 1.27 bits per heavy atom. The zero-order valence-electron chi connectivity index (χ0n) is 12.0. The number of thiophene rings is 1. The lowest BCUT2D eigenvalue weighted by atomic mass is 10.2. The Balaban J connectivity index is 0.00000176. The zero-order valence-corrected chi connectivity index (χ0v) is 14.4. The fourth-order valence-corrected chi connectivity index (χ4v) is 3.81. The first-order valence-corrected chi connectivity index (χ1v) is 8.25. The fraction of sp³-hybridized carbons (Fsp3) is 0.312. The van der Waals surface area contributed by atoms with Crippen LogP contribution in [0.4, 0.5) is 0 Å². The van der Waals surface area contributed by atoms with Crippen molar-refractivity contribution >= 4 is 41.3 Å². The van der Waals surface area contributed by atoms with Gasteiger partial charge in [-0.3, -0.25) is 4.79 Å². The third-order valence-corrected chi connectivity index (χ3v) is 5.23. The van der Waals surface area contributed by atoms with Gasteiger partial charge < -0.3 is 10.6 Å². The van der Waals surface area contributed by atoms with Crippen molar-refractivity contribution in [2.75, 3.05) is 13.1 Å². The summed E-state index contributed by atoms with van der Waals surface area (Å²) in [4.78, 5) is 16.3. The Morgan fingerprint density at radius 2 is 2.00 bits per heavy atom. The summed E-state index contributed by atoms with van der Waals surface area (Å²) in [5.74, 6) is 0.105. The van der Waals surface area contributed by atoms with Gasteiger partial charge in [0, 0.05) is 29.0 Å². The minimum Gasteiger partial charge on any atom is -0.334 e. The minimum absolute atomic E-state index is 0. The highest BCUT2D eigenvalue weighted by molar-refractivity contribution is 7.17. The molecule has 1 aromatic carbocycles. The highest BCUT2D eigenvalue weighted by Gasteiger charge is 2.29. The van der Waals surface area contributed by atoms with Crippen LogP contribution in [0.2, 0.25) is 5.02 Å². The van der Waals surface area contributed by atoms with Crippen LogP contribution < -0.4 is 5.73 Å². The summed E-state index contributed by atoms with van der Waals surface area (Å²) in [6, 6.07) is 11.8. The van der Waals surface area contributed by atoms with Crippen molar-refractivity contribution < 1.29 is 4.79 Å². The van der Waals surface area contributed by atoms with E-state index in [1.807, 2.05) is 41.3 Å². The average Bonchev–Trinajstić information content (AvgIpc) is 3.16. The molecule has 1 aliphatic rings. The number of rotatable bonds is 3. The molecular weight excluding hydrogens is 339 g/mol. The van der Waals surface area contributed by atoms with E-state index in [4.69, 9.17) is 17.3 Å². The predicted molar refractivity (Wildman–Crippen MR) is 95.1 cm³/mol. The molecule has 1 amide bonds. The molecule has 118 valence electrons. The Hall–Kier alpha value is -1.07. The lowest BCUT2D eigenvalue weighted by molar-refractivity contribution is 0.0746. The highest BCUT2D eigenvalue weighted by atomic mass is 35.5. The summed E-state index contributed by atoms with van der Waals surface area (Å²) in [5.41, 5.74) is 6.83. The van der Waals surface area contributed by atoms with Gasteiger partial charge in [0.1, 0.15) is 0 Å². The van der Waals surface area contributed by atoms with Crippen LogP contribution in [0.1, 0.15) is 22.5 Å². The van der Waals surface area contributed by atoms with Crippen molar-refractivity contribution in [1.82, 2.24) is 4.90 Å². The molecule has 1 aliphatic heterocycles. The van der Waals surface area contributed by atoms with E-state index in [0.29, 0.717) is 6.54 Å². The second kappa shape index (κ2) is 7.47. The van der Waals surface area contributed by atoms with Crippen LogP contribution in [0.5, 0.6) is 0 Å². The van der Waals surface area contributed by atoms with E-state index in [0.717, 1.165) is 39.7 Å². The summed E-state index contributed by atoms with van der Waals surface area (Å²) in [6.07, 6.45) is 2.06. The Bertz CT molecular complexity index is 642. The standard InChI is InChI=1S/C16H17ClN2OS.ClH/c17-12-5-3-11(4-6-12)14-7-8-15(21-14)16(20)19-9-1-2-13(19)10-18;/h3-8,13H,1-2,9-10,18H2;1H. The van der Waals surface area contributed by atoms with Crippen LogP contribution in [0.15, 0.2) is 36.4 Å². The molecule has 0 bridgehead atoms. The van der Waals surface area contributed by atoms with Gasteiger partial charge in [-0.25, -0.2) is 0 Å². The SMILES string of the molecule is Cl.NCC1CCCN1C(=O)c1ccc(-c2ccc(Cl)cc2)s1. The highest BCUT2D eigenvalue weighted by Crippen LogP contribution is 2.31. The van der Waals surface area contributed by atoms with Crippen molar-refractivity contribution in [3.8, 4) is 10.4 Å². The summed E-state index contributed by atoms with van der Waals surface area (Å²) in [5, 5.41) is 0.717. The second-order valence-corrected chi connectivity index (χ2v) is 6.72. The minimum atomic E-state index is 0.